The van der Waals surface area contributed by atoms with Gasteiger partial charge in [-0.25, -0.2) is 9.37 Å². The quantitative estimate of drug-likeness (QED) is 0.462. The molecule has 3 aromatic carbocycles. The molecule has 0 bridgehead atoms. The van der Waals surface area contributed by atoms with Crippen molar-refractivity contribution in [3.8, 4) is 0 Å². The number of halogens is 1. The minimum atomic E-state index is -0.343. The zero-order valence-corrected chi connectivity index (χ0v) is 18.2. The second kappa shape index (κ2) is 8.50. The number of amides is 2. The number of likely N-dealkylation sites (N-methyl/N-ethyl adjacent to an activating group) is 1. The van der Waals surface area contributed by atoms with Gasteiger partial charge >= 0.3 is 0 Å². The van der Waals surface area contributed by atoms with Crippen molar-refractivity contribution in [3.05, 3.63) is 90.5 Å². The predicted molar refractivity (Wildman–Crippen MR) is 126 cm³/mol. The van der Waals surface area contributed by atoms with E-state index in [1.54, 1.807) is 29.0 Å². The fourth-order valence-electron chi connectivity index (χ4n) is 4.36. The van der Waals surface area contributed by atoms with E-state index in [1.165, 1.54) is 12.1 Å². The van der Waals surface area contributed by atoms with Crippen LogP contribution in [0.5, 0.6) is 0 Å². The summed E-state index contributed by atoms with van der Waals surface area (Å²) in [5.41, 5.74) is 3.11. The predicted octanol–water partition coefficient (Wildman–Crippen LogP) is 4.36. The number of carbonyl (C=O) groups excluding carboxylic acids is 2. The van der Waals surface area contributed by atoms with Gasteiger partial charge in [-0.1, -0.05) is 30.3 Å². The molecule has 1 fully saturated rings. The third-order valence-corrected chi connectivity index (χ3v) is 6.12. The lowest BCUT2D eigenvalue weighted by atomic mass is 10.1. The Morgan fingerprint density at radius 2 is 1.73 bits per heavy atom. The fourth-order valence-corrected chi connectivity index (χ4v) is 4.36. The van der Waals surface area contributed by atoms with Gasteiger partial charge in [0.2, 0.25) is 11.8 Å². The number of carbonyl (C=O) groups is 2. The molecule has 2 amide bonds. The first kappa shape index (κ1) is 20.9. The highest BCUT2D eigenvalue weighted by atomic mass is 19.1. The van der Waals surface area contributed by atoms with Gasteiger partial charge in [0.1, 0.15) is 18.2 Å². The van der Waals surface area contributed by atoms with Crippen molar-refractivity contribution >= 4 is 34.2 Å². The molecule has 33 heavy (non-hydrogen) atoms. The van der Waals surface area contributed by atoms with E-state index in [0.29, 0.717) is 18.1 Å². The Balaban J connectivity index is 1.46. The summed E-state index contributed by atoms with van der Waals surface area (Å²) in [5.74, 6) is 0.0711. The number of para-hydroxylation sites is 3. The summed E-state index contributed by atoms with van der Waals surface area (Å²) < 4.78 is 15.3. The normalized spacial score (nSPS) is 15.9. The molecule has 0 radical (unpaired) electrons. The van der Waals surface area contributed by atoms with E-state index in [4.69, 9.17) is 4.98 Å². The molecule has 5 rings (SSSR count). The molecule has 2 heterocycles. The van der Waals surface area contributed by atoms with Gasteiger partial charge < -0.3 is 14.4 Å². The van der Waals surface area contributed by atoms with Gasteiger partial charge in [0.05, 0.1) is 11.0 Å². The number of imidazole rings is 1. The minimum absolute atomic E-state index is 0.0436. The molecule has 0 aliphatic carbocycles. The average Bonchev–Trinajstić information content (AvgIpc) is 3.40. The summed E-state index contributed by atoms with van der Waals surface area (Å²) in [6.45, 7) is 0.541. The topological polar surface area (TPSA) is 58.4 Å². The van der Waals surface area contributed by atoms with Gasteiger partial charge in [-0.15, -0.1) is 0 Å². The Kier molecular flexibility index (Phi) is 5.38. The SMILES string of the molecule is CN(C(=O)Cn1c(C2CC(=O)N(c3ccc(F)cc3)C2)nc2ccccc21)c1ccccc1. The first-order chi connectivity index (χ1) is 16.0. The van der Waals surface area contributed by atoms with Crippen molar-refractivity contribution in [2.75, 3.05) is 23.4 Å². The zero-order chi connectivity index (χ0) is 22.9. The number of benzene rings is 3. The molecule has 1 aliphatic heterocycles. The van der Waals surface area contributed by atoms with Crippen LogP contribution in [-0.2, 0) is 16.1 Å². The van der Waals surface area contributed by atoms with Gasteiger partial charge in [-0.05, 0) is 48.5 Å². The fraction of sp³-hybridized carbons (Fsp3) is 0.192. The summed E-state index contributed by atoms with van der Waals surface area (Å²) in [6.07, 6.45) is 0.281. The lowest BCUT2D eigenvalue weighted by molar-refractivity contribution is -0.119. The molecule has 1 aliphatic rings. The Bertz CT molecular complexity index is 1320. The maximum Gasteiger partial charge on any atom is 0.246 e. The molecule has 0 saturated carbocycles. The van der Waals surface area contributed by atoms with E-state index < -0.39 is 0 Å². The molecule has 166 valence electrons. The van der Waals surface area contributed by atoms with Crippen molar-refractivity contribution in [2.45, 2.75) is 18.9 Å². The summed E-state index contributed by atoms with van der Waals surface area (Å²) in [4.78, 5) is 34.1. The average molecular weight is 442 g/mol. The molecule has 0 N–H and O–H groups in total. The van der Waals surface area contributed by atoms with Crippen LogP contribution in [0.25, 0.3) is 11.0 Å². The second-order valence-corrected chi connectivity index (χ2v) is 8.21. The summed E-state index contributed by atoms with van der Waals surface area (Å²) in [7, 11) is 1.76. The highest BCUT2D eigenvalue weighted by Crippen LogP contribution is 2.33. The minimum Gasteiger partial charge on any atom is -0.318 e. The van der Waals surface area contributed by atoms with Crippen LogP contribution in [0.15, 0.2) is 78.9 Å². The van der Waals surface area contributed by atoms with Gasteiger partial charge in [-0.3, -0.25) is 9.59 Å². The van der Waals surface area contributed by atoms with E-state index in [-0.39, 0.29) is 36.5 Å². The van der Waals surface area contributed by atoms with Crippen molar-refractivity contribution in [1.29, 1.82) is 0 Å². The van der Waals surface area contributed by atoms with Crippen molar-refractivity contribution in [1.82, 2.24) is 9.55 Å². The summed E-state index contributed by atoms with van der Waals surface area (Å²) in [5, 5.41) is 0. The third-order valence-electron chi connectivity index (χ3n) is 6.12. The molecule has 7 heteroatoms. The standard InChI is InChI=1S/C26H23FN4O2/c1-29(20-7-3-2-4-8-20)25(33)17-31-23-10-6-5-9-22(23)28-26(31)18-15-24(32)30(16-18)21-13-11-19(27)12-14-21/h2-14,18H,15-17H2,1H3. The number of nitrogens with zero attached hydrogens (tertiary/aromatic N) is 4. The largest absolute Gasteiger partial charge is 0.318 e. The highest BCUT2D eigenvalue weighted by molar-refractivity contribution is 5.97. The van der Waals surface area contributed by atoms with E-state index >= 15 is 0 Å². The maximum atomic E-state index is 13.3. The van der Waals surface area contributed by atoms with Gasteiger partial charge in [-0.2, -0.15) is 0 Å². The molecule has 4 aromatic rings. The van der Waals surface area contributed by atoms with Crippen LogP contribution < -0.4 is 9.80 Å². The van der Waals surface area contributed by atoms with Crippen molar-refractivity contribution in [3.63, 3.8) is 0 Å². The van der Waals surface area contributed by atoms with Crippen LogP contribution in [-0.4, -0.2) is 35.0 Å². The summed E-state index contributed by atoms with van der Waals surface area (Å²) >= 11 is 0. The molecule has 1 saturated heterocycles. The van der Waals surface area contributed by atoms with Crippen LogP contribution in [0.4, 0.5) is 15.8 Å². The zero-order valence-electron chi connectivity index (χ0n) is 18.2. The molecule has 0 spiro atoms. The number of rotatable bonds is 5. The first-order valence-electron chi connectivity index (χ1n) is 10.8. The smallest absolute Gasteiger partial charge is 0.246 e. The van der Waals surface area contributed by atoms with E-state index in [1.807, 2.05) is 59.2 Å². The van der Waals surface area contributed by atoms with Crippen LogP contribution in [0, 0.1) is 5.82 Å². The molecular formula is C26H23FN4O2. The second-order valence-electron chi connectivity index (χ2n) is 8.21. The number of fused-ring (bicyclic) bond motifs is 1. The van der Waals surface area contributed by atoms with Crippen LogP contribution in [0.1, 0.15) is 18.2 Å². The van der Waals surface area contributed by atoms with Crippen molar-refractivity contribution in [2.24, 2.45) is 0 Å². The first-order valence-corrected chi connectivity index (χ1v) is 10.8. The van der Waals surface area contributed by atoms with E-state index in [2.05, 4.69) is 0 Å². The molecular weight excluding hydrogens is 419 g/mol. The maximum absolute atomic E-state index is 13.3. The number of anilines is 2. The van der Waals surface area contributed by atoms with E-state index in [0.717, 1.165) is 16.7 Å². The Morgan fingerprint density at radius 3 is 2.48 bits per heavy atom. The van der Waals surface area contributed by atoms with Crippen molar-refractivity contribution < 1.29 is 14.0 Å². The lowest BCUT2D eigenvalue weighted by Crippen LogP contribution is -2.31. The highest BCUT2D eigenvalue weighted by Gasteiger charge is 2.35. The molecule has 1 unspecified atom stereocenters. The third kappa shape index (κ3) is 3.98. The molecule has 6 nitrogen and oxygen atoms in total. The van der Waals surface area contributed by atoms with Gasteiger partial charge in [0.15, 0.2) is 0 Å². The Labute approximate surface area is 190 Å². The van der Waals surface area contributed by atoms with Gasteiger partial charge in [0.25, 0.3) is 0 Å². The van der Waals surface area contributed by atoms with Crippen LogP contribution >= 0.6 is 0 Å². The van der Waals surface area contributed by atoms with Crippen LogP contribution in [0.3, 0.4) is 0 Å². The number of hydrogen-bond donors (Lipinski definition) is 0. The molecule has 1 atom stereocenters. The number of hydrogen-bond acceptors (Lipinski definition) is 3. The monoisotopic (exact) mass is 442 g/mol. The number of aromatic nitrogens is 2. The Morgan fingerprint density at radius 1 is 1.03 bits per heavy atom. The van der Waals surface area contributed by atoms with E-state index in [9.17, 15) is 14.0 Å². The Hall–Kier alpha value is -4.00. The van der Waals surface area contributed by atoms with Gasteiger partial charge in [0, 0.05) is 37.3 Å². The molecule has 1 aromatic heterocycles. The summed E-state index contributed by atoms with van der Waals surface area (Å²) in [6, 6.07) is 23.1. The van der Waals surface area contributed by atoms with Crippen LogP contribution in [0.2, 0.25) is 0 Å². The lowest BCUT2D eigenvalue weighted by Gasteiger charge is -2.20.